The molecule has 0 aliphatic rings. The minimum absolute atomic E-state index is 0.0156. The van der Waals surface area contributed by atoms with Crippen molar-refractivity contribution in [1.82, 2.24) is 4.98 Å². The second kappa shape index (κ2) is 3.38. The lowest BCUT2D eigenvalue weighted by molar-refractivity contribution is 0.472. The topological polar surface area (TPSA) is 53.4 Å². The second-order valence-electron chi connectivity index (χ2n) is 2.84. The van der Waals surface area contributed by atoms with Crippen molar-refractivity contribution in [2.45, 2.75) is 0 Å². The Labute approximate surface area is 81.3 Å². The first-order valence-electron chi connectivity index (χ1n) is 4.12. The molecule has 1 aromatic heterocycles. The first-order chi connectivity index (χ1) is 6.77. The predicted molar refractivity (Wildman–Crippen MR) is 51.8 cm³/mol. The van der Waals surface area contributed by atoms with E-state index in [1.807, 2.05) is 0 Å². The average molecular weight is 186 g/mol. The number of phenolic OH excluding ortho intramolecular Hbond substituents is 1. The van der Waals surface area contributed by atoms with Crippen LogP contribution in [0, 0.1) is 6.07 Å². The highest BCUT2D eigenvalue weighted by atomic mass is 16.3. The Morgan fingerprint density at radius 3 is 2.79 bits per heavy atom. The molecule has 1 radical (unpaired) electrons. The van der Waals surface area contributed by atoms with E-state index in [9.17, 15) is 10.2 Å². The van der Waals surface area contributed by atoms with E-state index < -0.39 is 0 Å². The molecule has 0 aliphatic carbocycles. The van der Waals surface area contributed by atoms with Gasteiger partial charge in [0.25, 0.3) is 0 Å². The summed E-state index contributed by atoms with van der Waals surface area (Å²) in [5, 5.41) is 18.7. The summed E-state index contributed by atoms with van der Waals surface area (Å²) in [6.45, 7) is 0. The van der Waals surface area contributed by atoms with Gasteiger partial charge in [0.15, 0.2) is 0 Å². The van der Waals surface area contributed by atoms with Crippen LogP contribution in [-0.2, 0) is 0 Å². The third-order valence-electron chi connectivity index (χ3n) is 1.84. The summed E-state index contributed by atoms with van der Waals surface area (Å²) in [7, 11) is 0. The van der Waals surface area contributed by atoms with Crippen molar-refractivity contribution < 1.29 is 10.2 Å². The van der Waals surface area contributed by atoms with Crippen LogP contribution in [0.25, 0.3) is 11.3 Å². The molecule has 0 atom stereocenters. The molecule has 0 amide bonds. The molecule has 69 valence electrons. The molecule has 2 N–H and O–H groups in total. The van der Waals surface area contributed by atoms with Crippen LogP contribution in [0.1, 0.15) is 0 Å². The molecule has 0 saturated heterocycles. The van der Waals surface area contributed by atoms with Gasteiger partial charge >= 0.3 is 0 Å². The minimum atomic E-state index is -0.0156. The highest BCUT2D eigenvalue weighted by Gasteiger charge is 2.04. The Kier molecular flexibility index (Phi) is 2.07. The zero-order chi connectivity index (χ0) is 9.97. The zero-order valence-corrected chi connectivity index (χ0v) is 7.31. The summed E-state index contributed by atoms with van der Waals surface area (Å²) in [6, 6.07) is 10.7. The molecule has 1 heterocycles. The number of pyridine rings is 1. The van der Waals surface area contributed by atoms with E-state index in [2.05, 4.69) is 11.1 Å². The number of aromatic nitrogens is 1. The molecule has 0 spiro atoms. The lowest BCUT2D eigenvalue weighted by Crippen LogP contribution is -1.83. The highest BCUT2D eigenvalue weighted by molar-refractivity contribution is 5.66. The number of nitrogens with zero attached hydrogens (tertiary/aromatic N) is 1. The van der Waals surface area contributed by atoms with Crippen molar-refractivity contribution in [3.05, 3.63) is 42.6 Å². The number of benzene rings is 1. The average Bonchev–Trinajstić information content (AvgIpc) is 2.18. The first-order valence-corrected chi connectivity index (χ1v) is 4.12. The van der Waals surface area contributed by atoms with E-state index in [-0.39, 0.29) is 11.5 Å². The van der Waals surface area contributed by atoms with Gasteiger partial charge < -0.3 is 10.2 Å². The SMILES string of the molecule is Oc1cccc(-c2ncc[c]c2O)c1. The minimum Gasteiger partial charge on any atom is -0.508 e. The van der Waals surface area contributed by atoms with Crippen molar-refractivity contribution in [1.29, 1.82) is 0 Å². The lowest BCUT2D eigenvalue weighted by atomic mass is 10.1. The summed E-state index contributed by atoms with van der Waals surface area (Å²) in [5.41, 5.74) is 1.09. The van der Waals surface area contributed by atoms with Crippen molar-refractivity contribution in [2.24, 2.45) is 0 Å². The molecule has 0 bridgehead atoms. The molecule has 2 rings (SSSR count). The van der Waals surface area contributed by atoms with E-state index in [1.165, 1.54) is 12.1 Å². The van der Waals surface area contributed by atoms with E-state index in [1.54, 1.807) is 24.4 Å². The van der Waals surface area contributed by atoms with Gasteiger partial charge in [-0.1, -0.05) is 12.1 Å². The quantitative estimate of drug-likeness (QED) is 0.715. The van der Waals surface area contributed by atoms with Crippen LogP contribution in [0.4, 0.5) is 0 Å². The Bertz CT molecular complexity index is 455. The molecule has 0 saturated carbocycles. The van der Waals surface area contributed by atoms with Crippen LogP contribution in [0.2, 0.25) is 0 Å². The van der Waals surface area contributed by atoms with Crippen LogP contribution in [-0.4, -0.2) is 15.2 Å². The Hall–Kier alpha value is -2.03. The van der Waals surface area contributed by atoms with Crippen LogP contribution in [0.15, 0.2) is 36.5 Å². The van der Waals surface area contributed by atoms with Crippen molar-refractivity contribution in [3.8, 4) is 22.8 Å². The summed E-state index contributed by atoms with van der Waals surface area (Å²) in [4.78, 5) is 4.00. The molecule has 0 fully saturated rings. The third kappa shape index (κ3) is 1.52. The maximum Gasteiger partial charge on any atom is 0.149 e. The van der Waals surface area contributed by atoms with Gasteiger partial charge in [-0.15, -0.1) is 0 Å². The largest absolute Gasteiger partial charge is 0.508 e. The van der Waals surface area contributed by atoms with Crippen LogP contribution >= 0.6 is 0 Å². The number of hydrogen-bond acceptors (Lipinski definition) is 3. The third-order valence-corrected chi connectivity index (χ3v) is 1.84. The number of rotatable bonds is 1. The Balaban J connectivity index is 2.55. The molecule has 0 aliphatic heterocycles. The molecular weight excluding hydrogens is 178 g/mol. The summed E-state index contributed by atoms with van der Waals surface area (Å²) < 4.78 is 0. The van der Waals surface area contributed by atoms with Crippen molar-refractivity contribution in [2.75, 3.05) is 0 Å². The Morgan fingerprint density at radius 2 is 2.07 bits per heavy atom. The monoisotopic (exact) mass is 186 g/mol. The molecule has 14 heavy (non-hydrogen) atoms. The second-order valence-corrected chi connectivity index (χ2v) is 2.84. The van der Waals surface area contributed by atoms with Crippen molar-refractivity contribution >= 4 is 0 Å². The summed E-state index contributed by atoms with van der Waals surface area (Å²) in [6.07, 6.45) is 1.54. The maximum atomic E-state index is 9.46. The molecule has 3 heteroatoms. The van der Waals surface area contributed by atoms with Crippen LogP contribution in [0.5, 0.6) is 11.5 Å². The van der Waals surface area contributed by atoms with E-state index in [4.69, 9.17) is 0 Å². The normalized spacial score (nSPS) is 10.0. The van der Waals surface area contributed by atoms with E-state index in [0.717, 1.165) is 0 Å². The fraction of sp³-hybridized carbons (Fsp3) is 0. The molecule has 0 unspecified atom stereocenters. The molecule has 1 aromatic carbocycles. The van der Waals surface area contributed by atoms with Gasteiger partial charge in [0.2, 0.25) is 0 Å². The molecule has 3 nitrogen and oxygen atoms in total. The van der Waals surface area contributed by atoms with Gasteiger partial charge in [-0.05, 0) is 18.2 Å². The van der Waals surface area contributed by atoms with Gasteiger partial charge in [-0.25, -0.2) is 0 Å². The first kappa shape index (κ1) is 8.56. The van der Waals surface area contributed by atoms with Gasteiger partial charge in [0.05, 0.1) is 0 Å². The number of phenols is 1. The molecule has 2 aromatic rings. The molecular formula is C11H8NO2. The van der Waals surface area contributed by atoms with Gasteiger partial charge in [0.1, 0.15) is 17.2 Å². The zero-order valence-electron chi connectivity index (χ0n) is 7.31. The fourth-order valence-electron chi connectivity index (χ4n) is 1.22. The Morgan fingerprint density at radius 1 is 1.21 bits per heavy atom. The number of hydrogen-bond donors (Lipinski definition) is 2. The van der Waals surface area contributed by atoms with Gasteiger partial charge in [-0.3, -0.25) is 4.98 Å². The maximum absolute atomic E-state index is 9.46. The summed E-state index contributed by atoms with van der Waals surface area (Å²) in [5.74, 6) is 0.130. The van der Waals surface area contributed by atoms with Crippen LogP contribution in [0.3, 0.4) is 0 Å². The van der Waals surface area contributed by atoms with Gasteiger partial charge in [0, 0.05) is 17.8 Å². The van der Waals surface area contributed by atoms with E-state index in [0.29, 0.717) is 11.3 Å². The van der Waals surface area contributed by atoms with Crippen molar-refractivity contribution in [3.63, 3.8) is 0 Å². The van der Waals surface area contributed by atoms with E-state index >= 15 is 0 Å². The van der Waals surface area contributed by atoms with Gasteiger partial charge in [-0.2, -0.15) is 0 Å². The lowest BCUT2D eigenvalue weighted by Gasteiger charge is -2.02. The van der Waals surface area contributed by atoms with Crippen LogP contribution < -0.4 is 0 Å². The summed E-state index contributed by atoms with van der Waals surface area (Å²) >= 11 is 0. The number of aromatic hydroxyl groups is 2. The predicted octanol–water partition coefficient (Wildman–Crippen LogP) is 1.96. The highest BCUT2D eigenvalue weighted by Crippen LogP contribution is 2.27. The standard InChI is InChI=1S/C11H8NO2/c13-9-4-1-3-8(7-9)11-10(14)5-2-6-12-11/h1-4,6-7,13-14H. The smallest absolute Gasteiger partial charge is 0.149 e. The fourth-order valence-corrected chi connectivity index (χ4v) is 1.22.